The number of hydrogen-bond acceptors (Lipinski definition) is 8. The van der Waals surface area contributed by atoms with Crippen LogP contribution in [0.5, 0.6) is 23.3 Å². The Morgan fingerprint density at radius 3 is 2.42 bits per heavy atom. The van der Waals surface area contributed by atoms with Crippen LogP contribution in [0.15, 0.2) is 55.1 Å². The normalized spacial score (nSPS) is 14.6. The van der Waals surface area contributed by atoms with Gasteiger partial charge in [0, 0.05) is 50.0 Å². The van der Waals surface area contributed by atoms with Crippen LogP contribution in [-0.4, -0.2) is 59.8 Å². The van der Waals surface area contributed by atoms with E-state index in [1.165, 1.54) is 5.56 Å². The van der Waals surface area contributed by atoms with Gasteiger partial charge in [0.15, 0.2) is 11.5 Å². The van der Waals surface area contributed by atoms with Crippen LogP contribution < -0.4 is 18.9 Å². The standard InChI is InChI=1S/C25H30N4O4/c1-30-22-6-5-19(16-23(22)31-2)7-13-29-14-8-21(9-15-29)33-25-24(27-11-12-28-25)32-18-20-4-3-10-26-17-20/h3-6,10-12,16-17,21H,7-9,13-15,18H2,1-2H3. The molecular formula is C25H30N4O4. The van der Waals surface area contributed by atoms with Gasteiger partial charge in [-0.3, -0.25) is 4.98 Å². The third kappa shape index (κ3) is 6.32. The molecule has 1 fully saturated rings. The molecular weight excluding hydrogens is 420 g/mol. The lowest BCUT2D eigenvalue weighted by Crippen LogP contribution is -2.39. The number of nitrogens with zero attached hydrogens (tertiary/aromatic N) is 4. The van der Waals surface area contributed by atoms with Crippen molar-refractivity contribution < 1.29 is 18.9 Å². The number of piperidine rings is 1. The summed E-state index contributed by atoms with van der Waals surface area (Å²) in [5, 5.41) is 0. The number of rotatable bonds is 10. The van der Waals surface area contributed by atoms with E-state index in [-0.39, 0.29) is 6.10 Å². The summed E-state index contributed by atoms with van der Waals surface area (Å²) in [5.41, 5.74) is 2.21. The quantitative estimate of drug-likeness (QED) is 0.464. The number of hydrogen-bond donors (Lipinski definition) is 0. The maximum atomic E-state index is 6.17. The fourth-order valence-electron chi connectivity index (χ4n) is 3.86. The van der Waals surface area contributed by atoms with Crippen LogP contribution in [0.4, 0.5) is 0 Å². The van der Waals surface area contributed by atoms with Crippen molar-refractivity contribution in [2.24, 2.45) is 0 Å². The van der Waals surface area contributed by atoms with Gasteiger partial charge in [-0.1, -0.05) is 12.1 Å². The molecule has 33 heavy (non-hydrogen) atoms. The minimum atomic E-state index is 0.0970. The Balaban J connectivity index is 1.25. The van der Waals surface area contributed by atoms with Crippen molar-refractivity contribution in [1.82, 2.24) is 19.9 Å². The Bertz CT molecular complexity index is 1010. The molecule has 4 rings (SSSR count). The average Bonchev–Trinajstić information content (AvgIpc) is 2.88. The van der Waals surface area contributed by atoms with Crippen molar-refractivity contribution in [3.8, 4) is 23.3 Å². The van der Waals surface area contributed by atoms with Gasteiger partial charge in [-0.15, -0.1) is 0 Å². The second-order valence-electron chi connectivity index (χ2n) is 7.91. The molecule has 174 valence electrons. The van der Waals surface area contributed by atoms with Crippen LogP contribution in [0.3, 0.4) is 0 Å². The smallest absolute Gasteiger partial charge is 0.278 e. The van der Waals surface area contributed by atoms with Crippen LogP contribution >= 0.6 is 0 Å². The molecule has 0 saturated carbocycles. The molecule has 0 unspecified atom stereocenters. The second kappa shape index (κ2) is 11.5. The molecule has 0 bridgehead atoms. The first-order valence-corrected chi connectivity index (χ1v) is 11.2. The van der Waals surface area contributed by atoms with Crippen molar-refractivity contribution in [3.05, 3.63) is 66.2 Å². The minimum absolute atomic E-state index is 0.0970. The fourth-order valence-corrected chi connectivity index (χ4v) is 3.86. The molecule has 8 heteroatoms. The SMILES string of the molecule is COc1ccc(CCN2CCC(Oc3nccnc3OCc3cccnc3)CC2)cc1OC. The third-order valence-corrected chi connectivity index (χ3v) is 5.71. The largest absolute Gasteiger partial charge is 0.493 e. The molecule has 0 N–H and O–H groups in total. The molecule has 0 amide bonds. The number of aromatic nitrogens is 3. The lowest BCUT2D eigenvalue weighted by Gasteiger charge is -2.32. The Kier molecular flexibility index (Phi) is 7.92. The molecule has 1 aliphatic rings. The van der Waals surface area contributed by atoms with Crippen LogP contribution in [0, 0.1) is 0 Å². The van der Waals surface area contributed by atoms with Gasteiger partial charge in [0.1, 0.15) is 12.7 Å². The first kappa shape index (κ1) is 22.8. The third-order valence-electron chi connectivity index (χ3n) is 5.71. The summed E-state index contributed by atoms with van der Waals surface area (Å²) in [7, 11) is 3.32. The summed E-state index contributed by atoms with van der Waals surface area (Å²) < 4.78 is 22.7. The second-order valence-corrected chi connectivity index (χ2v) is 7.91. The van der Waals surface area contributed by atoms with E-state index in [2.05, 4.69) is 32.0 Å². The van der Waals surface area contributed by atoms with Crippen molar-refractivity contribution in [1.29, 1.82) is 0 Å². The molecule has 0 atom stereocenters. The zero-order chi connectivity index (χ0) is 22.9. The van der Waals surface area contributed by atoms with E-state index in [0.717, 1.165) is 56.0 Å². The number of methoxy groups -OCH3 is 2. The predicted octanol–water partition coefficient (Wildman–Crippen LogP) is 3.55. The number of pyridine rings is 1. The molecule has 0 spiro atoms. The first-order chi connectivity index (χ1) is 16.2. The molecule has 1 aromatic carbocycles. The number of benzene rings is 1. The highest BCUT2D eigenvalue weighted by Crippen LogP contribution is 2.28. The van der Waals surface area contributed by atoms with E-state index in [1.54, 1.807) is 39.0 Å². The maximum Gasteiger partial charge on any atom is 0.278 e. The highest BCUT2D eigenvalue weighted by molar-refractivity contribution is 5.43. The fraction of sp³-hybridized carbons (Fsp3) is 0.400. The average molecular weight is 451 g/mol. The maximum absolute atomic E-state index is 6.17. The Morgan fingerprint density at radius 1 is 0.909 bits per heavy atom. The van der Waals surface area contributed by atoms with E-state index in [1.807, 2.05) is 18.2 Å². The molecule has 3 aromatic rings. The summed E-state index contributed by atoms with van der Waals surface area (Å²) in [5.74, 6) is 2.39. The van der Waals surface area contributed by atoms with Crippen LogP contribution in [0.1, 0.15) is 24.0 Å². The molecule has 1 aliphatic heterocycles. The van der Waals surface area contributed by atoms with Gasteiger partial charge in [0.25, 0.3) is 11.8 Å². The molecule has 2 aromatic heterocycles. The van der Waals surface area contributed by atoms with Crippen molar-refractivity contribution in [3.63, 3.8) is 0 Å². The van der Waals surface area contributed by atoms with E-state index in [4.69, 9.17) is 18.9 Å². The van der Waals surface area contributed by atoms with Gasteiger partial charge in [-0.25, -0.2) is 9.97 Å². The summed E-state index contributed by atoms with van der Waals surface area (Å²) in [6, 6.07) is 9.95. The Labute approximate surface area is 194 Å². The molecule has 3 heterocycles. The molecule has 8 nitrogen and oxygen atoms in total. The van der Waals surface area contributed by atoms with Gasteiger partial charge in [0.2, 0.25) is 0 Å². The summed E-state index contributed by atoms with van der Waals surface area (Å²) in [4.78, 5) is 15.2. The van der Waals surface area contributed by atoms with E-state index in [0.29, 0.717) is 18.4 Å². The number of likely N-dealkylation sites (tertiary alicyclic amines) is 1. The lowest BCUT2D eigenvalue weighted by molar-refractivity contribution is 0.0922. The van der Waals surface area contributed by atoms with Crippen molar-refractivity contribution >= 4 is 0 Å². The van der Waals surface area contributed by atoms with Crippen molar-refractivity contribution in [2.75, 3.05) is 33.9 Å². The zero-order valence-electron chi connectivity index (χ0n) is 19.1. The lowest BCUT2D eigenvalue weighted by atomic mass is 10.1. The Morgan fingerprint density at radius 2 is 1.70 bits per heavy atom. The van der Waals surface area contributed by atoms with Crippen LogP contribution in [0.25, 0.3) is 0 Å². The van der Waals surface area contributed by atoms with E-state index in [9.17, 15) is 0 Å². The topological polar surface area (TPSA) is 78.8 Å². The highest BCUT2D eigenvalue weighted by Gasteiger charge is 2.22. The first-order valence-electron chi connectivity index (χ1n) is 11.2. The van der Waals surface area contributed by atoms with Gasteiger partial charge in [-0.2, -0.15) is 0 Å². The van der Waals surface area contributed by atoms with Gasteiger partial charge in [0.05, 0.1) is 14.2 Å². The molecule has 1 saturated heterocycles. The van der Waals surface area contributed by atoms with Gasteiger partial charge >= 0.3 is 0 Å². The predicted molar refractivity (Wildman–Crippen MR) is 124 cm³/mol. The van der Waals surface area contributed by atoms with E-state index >= 15 is 0 Å². The van der Waals surface area contributed by atoms with Crippen molar-refractivity contribution in [2.45, 2.75) is 32.0 Å². The zero-order valence-corrected chi connectivity index (χ0v) is 19.1. The molecule has 0 radical (unpaired) electrons. The van der Waals surface area contributed by atoms with Gasteiger partial charge < -0.3 is 23.8 Å². The summed E-state index contributed by atoms with van der Waals surface area (Å²) in [6.45, 7) is 3.32. The number of ether oxygens (including phenoxy) is 4. The van der Waals surface area contributed by atoms with Crippen LogP contribution in [0.2, 0.25) is 0 Å². The van der Waals surface area contributed by atoms with Crippen LogP contribution in [-0.2, 0) is 13.0 Å². The Hall–Kier alpha value is -3.39. The van der Waals surface area contributed by atoms with E-state index < -0.39 is 0 Å². The monoisotopic (exact) mass is 450 g/mol. The summed E-state index contributed by atoms with van der Waals surface area (Å²) >= 11 is 0. The minimum Gasteiger partial charge on any atom is -0.493 e. The van der Waals surface area contributed by atoms with Gasteiger partial charge in [-0.05, 0) is 43.0 Å². The molecule has 0 aliphatic carbocycles. The highest BCUT2D eigenvalue weighted by atomic mass is 16.5. The summed E-state index contributed by atoms with van der Waals surface area (Å²) in [6.07, 6.45) is 9.68.